The Morgan fingerprint density at radius 2 is 1.72 bits per heavy atom. The summed E-state index contributed by atoms with van der Waals surface area (Å²) in [5, 5.41) is 8.99. The highest BCUT2D eigenvalue weighted by molar-refractivity contribution is 14.1. The van der Waals surface area contributed by atoms with Gasteiger partial charge in [0, 0.05) is 47.2 Å². The molecule has 0 aromatic heterocycles. The standard InChI is InChI=1S/C28H31IN2O5/c1-28(2,3)36-27(35)31(24-14-23(24)20-9-11-22(29)12-10-20)17-19-15-30(16-19)25(32)13-6-18-4-7-21(8-5-18)26(33)34/h4-13,19,23-24H,14-17H2,1-3H3,(H,33,34)/b13-6+. The molecular formula is C28H31IN2O5. The van der Waals surface area contributed by atoms with E-state index in [4.69, 9.17) is 9.84 Å². The normalized spacial score (nSPS) is 19.6. The van der Waals surface area contributed by atoms with Gasteiger partial charge in [-0.05, 0) is 91.3 Å². The first-order valence-electron chi connectivity index (χ1n) is 12.1. The maximum Gasteiger partial charge on any atom is 0.410 e. The van der Waals surface area contributed by atoms with Crippen LogP contribution < -0.4 is 0 Å². The van der Waals surface area contributed by atoms with Crippen molar-refractivity contribution in [1.82, 2.24) is 9.80 Å². The molecule has 190 valence electrons. The topological polar surface area (TPSA) is 87.2 Å². The van der Waals surface area contributed by atoms with Crippen LogP contribution in [-0.2, 0) is 9.53 Å². The summed E-state index contributed by atoms with van der Waals surface area (Å²) in [5.41, 5.74) is 1.63. The summed E-state index contributed by atoms with van der Waals surface area (Å²) in [6.07, 6.45) is 3.81. The second kappa shape index (κ2) is 10.6. The van der Waals surface area contributed by atoms with Gasteiger partial charge in [-0.2, -0.15) is 0 Å². The predicted octanol–water partition coefficient (Wildman–Crippen LogP) is 5.25. The Morgan fingerprint density at radius 1 is 1.08 bits per heavy atom. The number of carbonyl (C=O) groups excluding carboxylic acids is 2. The number of benzene rings is 2. The number of nitrogens with zero attached hydrogens (tertiary/aromatic N) is 2. The summed E-state index contributed by atoms with van der Waals surface area (Å²) >= 11 is 2.29. The summed E-state index contributed by atoms with van der Waals surface area (Å²) in [6.45, 7) is 7.35. The van der Waals surface area contributed by atoms with Gasteiger partial charge in [-0.3, -0.25) is 4.79 Å². The Balaban J connectivity index is 1.34. The molecule has 2 atom stereocenters. The van der Waals surface area contributed by atoms with E-state index in [-0.39, 0.29) is 29.5 Å². The van der Waals surface area contributed by atoms with E-state index in [1.165, 1.54) is 27.3 Å². The first kappa shape index (κ1) is 26.2. The van der Waals surface area contributed by atoms with E-state index in [2.05, 4.69) is 46.9 Å². The van der Waals surface area contributed by atoms with Crippen molar-refractivity contribution in [3.05, 3.63) is 74.9 Å². The fraction of sp³-hybridized carbons (Fsp3) is 0.393. The van der Waals surface area contributed by atoms with Crippen LogP contribution in [0.15, 0.2) is 54.6 Å². The molecule has 2 aromatic rings. The highest BCUT2D eigenvalue weighted by Crippen LogP contribution is 2.45. The molecule has 2 aliphatic rings. The summed E-state index contributed by atoms with van der Waals surface area (Å²) in [5.74, 6) is -0.573. The molecule has 1 aliphatic carbocycles. The number of rotatable bonds is 7. The zero-order valence-electron chi connectivity index (χ0n) is 20.7. The number of aromatic carboxylic acids is 1. The zero-order chi connectivity index (χ0) is 26.0. The van der Waals surface area contributed by atoms with Crippen molar-refractivity contribution in [2.24, 2.45) is 5.92 Å². The monoisotopic (exact) mass is 602 g/mol. The Labute approximate surface area is 225 Å². The average molecular weight is 602 g/mol. The number of hydrogen-bond acceptors (Lipinski definition) is 4. The van der Waals surface area contributed by atoms with Gasteiger partial charge in [0.15, 0.2) is 0 Å². The molecule has 1 heterocycles. The molecule has 0 radical (unpaired) electrons. The summed E-state index contributed by atoms with van der Waals surface area (Å²) in [7, 11) is 0. The summed E-state index contributed by atoms with van der Waals surface area (Å²) < 4.78 is 6.90. The molecule has 2 fully saturated rings. The molecule has 36 heavy (non-hydrogen) atoms. The third-order valence-corrected chi connectivity index (χ3v) is 7.10. The van der Waals surface area contributed by atoms with Gasteiger partial charge in [-0.15, -0.1) is 0 Å². The third kappa shape index (κ3) is 6.66. The van der Waals surface area contributed by atoms with Crippen LogP contribution in [0.5, 0.6) is 0 Å². The van der Waals surface area contributed by atoms with Crippen LogP contribution in [0.4, 0.5) is 4.79 Å². The van der Waals surface area contributed by atoms with E-state index in [9.17, 15) is 14.4 Å². The lowest BCUT2D eigenvalue weighted by Crippen LogP contribution is -2.55. The van der Waals surface area contributed by atoms with Gasteiger partial charge in [0.1, 0.15) is 5.60 Å². The van der Waals surface area contributed by atoms with Crippen molar-refractivity contribution in [1.29, 1.82) is 0 Å². The molecule has 7 nitrogen and oxygen atoms in total. The van der Waals surface area contributed by atoms with Gasteiger partial charge in [-0.1, -0.05) is 24.3 Å². The number of likely N-dealkylation sites (tertiary alicyclic amines) is 1. The Morgan fingerprint density at radius 3 is 2.31 bits per heavy atom. The Bertz CT molecular complexity index is 1150. The Hall–Kier alpha value is -2.88. The average Bonchev–Trinajstić information content (AvgIpc) is 3.56. The largest absolute Gasteiger partial charge is 0.478 e. The minimum atomic E-state index is -0.982. The van der Waals surface area contributed by atoms with Gasteiger partial charge in [-0.25, -0.2) is 9.59 Å². The van der Waals surface area contributed by atoms with Crippen LogP contribution >= 0.6 is 22.6 Å². The molecule has 1 N–H and O–H groups in total. The number of carbonyl (C=O) groups is 3. The van der Waals surface area contributed by atoms with Crippen LogP contribution in [0.1, 0.15) is 54.6 Å². The quantitative estimate of drug-likeness (QED) is 0.346. The van der Waals surface area contributed by atoms with Crippen LogP contribution in [-0.4, -0.2) is 64.2 Å². The fourth-order valence-electron chi connectivity index (χ4n) is 4.41. The lowest BCUT2D eigenvalue weighted by atomic mass is 9.99. The number of halogens is 1. The molecule has 2 amide bonds. The maximum atomic E-state index is 13.1. The highest BCUT2D eigenvalue weighted by Gasteiger charge is 2.47. The molecule has 8 heteroatoms. The Kier molecular flexibility index (Phi) is 7.73. The minimum Gasteiger partial charge on any atom is -0.478 e. The van der Waals surface area contributed by atoms with Gasteiger partial charge in [0.25, 0.3) is 0 Å². The van der Waals surface area contributed by atoms with E-state index >= 15 is 0 Å². The van der Waals surface area contributed by atoms with E-state index < -0.39 is 11.6 Å². The van der Waals surface area contributed by atoms with Crippen molar-refractivity contribution in [2.45, 2.75) is 44.8 Å². The van der Waals surface area contributed by atoms with Crippen molar-refractivity contribution in [3.63, 3.8) is 0 Å². The molecule has 4 rings (SSSR count). The van der Waals surface area contributed by atoms with Gasteiger partial charge in [0.2, 0.25) is 5.91 Å². The molecule has 2 unspecified atom stereocenters. The third-order valence-electron chi connectivity index (χ3n) is 6.38. The molecule has 0 bridgehead atoms. The van der Waals surface area contributed by atoms with Crippen LogP contribution in [0.2, 0.25) is 0 Å². The van der Waals surface area contributed by atoms with Crippen LogP contribution in [0.3, 0.4) is 0 Å². The van der Waals surface area contributed by atoms with Gasteiger partial charge >= 0.3 is 12.1 Å². The summed E-state index contributed by atoms with van der Waals surface area (Å²) in [4.78, 5) is 40.2. The van der Waals surface area contributed by atoms with E-state index in [1.54, 1.807) is 23.1 Å². The lowest BCUT2D eigenvalue weighted by Gasteiger charge is -2.41. The van der Waals surface area contributed by atoms with Gasteiger partial charge in [0.05, 0.1) is 5.56 Å². The highest BCUT2D eigenvalue weighted by atomic mass is 127. The van der Waals surface area contributed by atoms with Crippen molar-refractivity contribution in [3.8, 4) is 0 Å². The summed E-state index contributed by atoms with van der Waals surface area (Å²) in [6, 6.07) is 14.9. The number of carboxylic acids is 1. The fourth-order valence-corrected chi connectivity index (χ4v) is 4.77. The molecule has 1 aliphatic heterocycles. The predicted molar refractivity (Wildman–Crippen MR) is 146 cm³/mol. The first-order valence-corrected chi connectivity index (χ1v) is 13.1. The van der Waals surface area contributed by atoms with Crippen molar-refractivity contribution >= 4 is 46.6 Å². The van der Waals surface area contributed by atoms with Crippen molar-refractivity contribution < 1.29 is 24.2 Å². The van der Waals surface area contributed by atoms with Gasteiger partial charge < -0.3 is 19.6 Å². The number of hydrogen-bond donors (Lipinski definition) is 1. The molecule has 1 saturated carbocycles. The minimum absolute atomic E-state index is 0.0967. The smallest absolute Gasteiger partial charge is 0.410 e. The van der Waals surface area contributed by atoms with E-state index in [0.717, 1.165) is 12.0 Å². The number of carboxylic acid groups (broad SMARTS) is 1. The van der Waals surface area contributed by atoms with E-state index in [1.807, 2.05) is 25.7 Å². The molecule has 0 spiro atoms. The second-order valence-electron chi connectivity index (χ2n) is 10.5. The SMILES string of the molecule is CC(C)(C)OC(=O)N(CC1CN(C(=O)/C=C/c2ccc(C(=O)O)cc2)C1)C1CC1c1ccc(I)cc1. The van der Waals surface area contributed by atoms with E-state index in [0.29, 0.717) is 25.6 Å². The van der Waals surface area contributed by atoms with Crippen LogP contribution in [0, 0.1) is 9.49 Å². The zero-order valence-corrected chi connectivity index (χ0v) is 22.8. The lowest BCUT2D eigenvalue weighted by molar-refractivity contribution is -0.132. The van der Waals surface area contributed by atoms with Crippen molar-refractivity contribution in [2.75, 3.05) is 19.6 Å². The number of amides is 2. The number of ether oxygens (including phenoxy) is 1. The van der Waals surface area contributed by atoms with Crippen LogP contribution in [0.25, 0.3) is 6.08 Å². The second-order valence-corrected chi connectivity index (χ2v) is 11.7. The maximum absolute atomic E-state index is 13.1. The first-order chi connectivity index (χ1) is 17.0. The molecule has 1 saturated heterocycles. The molecule has 2 aromatic carbocycles. The molecular weight excluding hydrogens is 571 g/mol.